The summed E-state index contributed by atoms with van der Waals surface area (Å²) in [6.07, 6.45) is 53.6. The maximum absolute atomic E-state index is 12.8. The number of ether oxygens (including phenoxy) is 4. The van der Waals surface area contributed by atoms with E-state index < -0.39 is 43.4 Å². The Balaban J connectivity index is 2.22. The monoisotopic (exact) mass is 901 g/mol. The fraction of sp³-hybridized carbons (Fsp3) is 0.764. The van der Waals surface area contributed by atoms with E-state index in [0.717, 1.165) is 83.5 Å². The lowest BCUT2D eigenvalue weighted by molar-refractivity contribution is -0.305. The van der Waals surface area contributed by atoms with Gasteiger partial charge in [0.15, 0.2) is 6.29 Å². The van der Waals surface area contributed by atoms with Crippen molar-refractivity contribution in [3.05, 3.63) is 72.9 Å². The minimum atomic E-state index is -1.54. The molecule has 1 saturated heterocycles. The van der Waals surface area contributed by atoms with Crippen molar-refractivity contribution in [2.24, 2.45) is 0 Å². The van der Waals surface area contributed by atoms with Crippen LogP contribution in [0.15, 0.2) is 72.9 Å². The molecule has 6 atom stereocenters. The van der Waals surface area contributed by atoms with Gasteiger partial charge in [0, 0.05) is 13.0 Å². The molecule has 6 unspecified atom stereocenters. The van der Waals surface area contributed by atoms with Gasteiger partial charge in [-0.1, -0.05) is 209 Å². The topological polar surface area (TPSA) is 135 Å². The van der Waals surface area contributed by atoms with E-state index >= 15 is 0 Å². The van der Waals surface area contributed by atoms with Gasteiger partial charge in [-0.15, -0.1) is 0 Å². The van der Waals surface area contributed by atoms with Crippen LogP contribution in [-0.2, 0) is 23.7 Å². The van der Waals surface area contributed by atoms with Crippen LogP contribution in [0, 0.1) is 0 Å². The molecule has 0 bridgehead atoms. The van der Waals surface area contributed by atoms with Gasteiger partial charge in [-0.25, -0.2) is 0 Å². The summed E-state index contributed by atoms with van der Waals surface area (Å²) in [6, 6.07) is 0. The van der Waals surface area contributed by atoms with E-state index in [2.05, 4.69) is 86.8 Å². The Kier molecular flexibility index (Phi) is 42.7. The molecular formula is C55H96O9. The van der Waals surface area contributed by atoms with Crippen LogP contribution in [0.3, 0.4) is 0 Å². The van der Waals surface area contributed by atoms with Crippen molar-refractivity contribution in [1.82, 2.24) is 0 Å². The maximum Gasteiger partial charge on any atom is 0.306 e. The Labute approximate surface area is 391 Å². The quantitative estimate of drug-likeness (QED) is 0.0268. The number of allylic oxidation sites excluding steroid dienone is 12. The number of hydrogen-bond donors (Lipinski definition) is 4. The predicted molar refractivity (Wildman–Crippen MR) is 265 cm³/mol. The van der Waals surface area contributed by atoms with Crippen LogP contribution in [0.5, 0.6) is 0 Å². The fourth-order valence-corrected chi connectivity index (χ4v) is 7.61. The number of hydrogen-bond acceptors (Lipinski definition) is 9. The van der Waals surface area contributed by atoms with E-state index in [1.807, 2.05) is 0 Å². The van der Waals surface area contributed by atoms with Gasteiger partial charge >= 0.3 is 5.97 Å². The number of carbonyl (C=O) groups excluding carboxylic acids is 1. The Morgan fingerprint density at radius 1 is 0.516 bits per heavy atom. The molecule has 9 nitrogen and oxygen atoms in total. The summed E-state index contributed by atoms with van der Waals surface area (Å²) in [5.74, 6) is -0.328. The first-order chi connectivity index (χ1) is 31.4. The van der Waals surface area contributed by atoms with E-state index in [4.69, 9.17) is 18.9 Å². The molecule has 370 valence electrons. The molecule has 0 aromatic carbocycles. The Morgan fingerprint density at radius 2 is 0.953 bits per heavy atom. The molecule has 1 aliphatic rings. The van der Waals surface area contributed by atoms with Gasteiger partial charge in [-0.3, -0.25) is 4.79 Å². The summed E-state index contributed by atoms with van der Waals surface area (Å²) < 4.78 is 22.9. The minimum absolute atomic E-state index is 0.121. The van der Waals surface area contributed by atoms with Gasteiger partial charge in [0.1, 0.15) is 30.5 Å². The first kappa shape index (κ1) is 59.6. The van der Waals surface area contributed by atoms with Crippen LogP contribution in [-0.4, -0.2) is 89.6 Å². The normalized spacial score (nSPS) is 20.1. The number of rotatable bonds is 44. The maximum atomic E-state index is 12.8. The Morgan fingerprint density at radius 3 is 1.44 bits per heavy atom. The molecule has 0 saturated carbocycles. The molecule has 0 amide bonds. The zero-order valence-corrected chi connectivity index (χ0v) is 40.8. The van der Waals surface area contributed by atoms with Crippen molar-refractivity contribution in [2.75, 3.05) is 26.4 Å². The molecule has 4 N–H and O–H groups in total. The summed E-state index contributed by atoms with van der Waals surface area (Å²) in [7, 11) is 0. The molecule has 1 rings (SSSR count). The number of carbonyl (C=O) groups is 1. The van der Waals surface area contributed by atoms with E-state index in [1.165, 1.54) is 103 Å². The summed E-state index contributed by atoms with van der Waals surface area (Å²) in [5, 5.41) is 40.2. The first-order valence-corrected chi connectivity index (χ1v) is 26.0. The van der Waals surface area contributed by atoms with E-state index in [-0.39, 0.29) is 19.2 Å². The summed E-state index contributed by atoms with van der Waals surface area (Å²) >= 11 is 0. The molecule has 1 heterocycles. The van der Waals surface area contributed by atoms with Crippen LogP contribution < -0.4 is 0 Å². The number of aliphatic hydroxyl groups is 4. The second-order valence-corrected chi connectivity index (χ2v) is 17.6. The molecule has 0 aromatic rings. The second kappa shape index (κ2) is 45.8. The van der Waals surface area contributed by atoms with Crippen LogP contribution in [0.25, 0.3) is 0 Å². The molecule has 64 heavy (non-hydrogen) atoms. The van der Waals surface area contributed by atoms with Gasteiger partial charge in [-0.2, -0.15) is 0 Å². The zero-order chi connectivity index (χ0) is 46.4. The predicted octanol–water partition coefficient (Wildman–Crippen LogP) is 12.8. The third-order valence-electron chi connectivity index (χ3n) is 11.6. The van der Waals surface area contributed by atoms with Crippen molar-refractivity contribution < 1.29 is 44.2 Å². The van der Waals surface area contributed by atoms with E-state index in [9.17, 15) is 25.2 Å². The lowest BCUT2D eigenvalue weighted by atomic mass is 9.99. The number of aliphatic hydroxyl groups excluding tert-OH is 4. The zero-order valence-electron chi connectivity index (χ0n) is 40.8. The van der Waals surface area contributed by atoms with Crippen molar-refractivity contribution in [3.8, 4) is 0 Å². The third kappa shape index (κ3) is 35.8. The van der Waals surface area contributed by atoms with Crippen LogP contribution in [0.4, 0.5) is 0 Å². The lowest BCUT2D eigenvalue weighted by Gasteiger charge is -2.39. The molecule has 0 spiro atoms. The summed E-state index contributed by atoms with van der Waals surface area (Å²) in [6.45, 7) is 4.44. The molecular weight excluding hydrogens is 805 g/mol. The largest absolute Gasteiger partial charge is 0.457 e. The molecule has 0 aliphatic carbocycles. The van der Waals surface area contributed by atoms with Crippen molar-refractivity contribution in [2.45, 2.75) is 243 Å². The van der Waals surface area contributed by atoms with Gasteiger partial charge in [-0.05, 0) is 64.2 Å². The van der Waals surface area contributed by atoms with Crippen molar-refractivity contribution in [3.63, 3.8) is 0 Å². The Bertz CT molecular complexity index is 1210. The van der Waals surface area contributed by atoms with E-state index in [0.29, 0.717) is 13.0 Å². The molecule has 1 fully saturated rings. The molecule has 9 heteroatoms. The lowest BCUT2D eigenvalue weighted by Crippen LogP contribution is -2.59. The van der Waals surface area contributed by atoms with Gasteiger partial charge in [0.2, 0.25) is 0 Å². The highest BCUT2D eigenvalue weighted by molar-refractivity contribution is 5.69. The SMILES string of the molecule is CC/C=C\C/C=C\C/C=C\C/C=C\C/C=C\C/C=C\CCCCCCCCC(=O)OC(COCCCCCCCCCCCCCCCCCC)COC1OC(CO)C(O)C(O)C1O. The van der Waals surface area contributed by atoms with Gasteiger partial charge in [0.25, 0.3) is 0 Å². The van der Waals surface area contributed by atoms with Crippen LogP contribution in [0.2, 0.25) is 0 Å². The molecule has 0 radical (unpaired) electrons. The minimum Gasteiger partial charge on any atom is -0.457 e. The highest BCUT2D eigenvalue weighted by Gasteiger charge is 2.44. The highest BCUT2D eigenvalue weighted by Crippen LogP contribution is 2.23. The van der Waals surface area contributed by atoms with E-state index in [1.54, 1.807) is 0 Å². The average molecular weight is 901 g/mol. The first-order valence-electron chi connectivity index (χ1n) is 26.0. The summed E-state index contributed by atoms with van der Waals surface area (Å²) in [5.41, 5.74) is 0. The number of esters is 1. The molecule has 1 aliphatic heterocycles. The average Bonchev–Trinajstić information content (AvgIpc) is 3.30. The van der Waals surface area contributed by atoms with Crippen molar-refractivity contribution in [1.29, 1.82) is 0 Å². The summed E-state index contributed by atoms with van der Waals surface area (Å²) in [4.78, 5) is 12.8. The standard InChI is InChI=1S/C55H96O9/c1-3-5-7-9-11-13-15-17-19-21-22-23-24-25-26-27-28-29-30-32-34-36-38-40-42-44-51(57)63-49(48-62-55-54(60)53(59)52(58)50(46-56)64-55)47-61-45-43-41-39-37-35-33-31-20-18-16-14-12-10-8-6-4-2/h5,7,11,13,17,19,22-23,25-26,28-29,49-50,52-56,58-60H,3-4,6,8-10,12,14-16,18,20-21,24,27,30-48H2,1-2H3/b7-5-,13-11-,19-17-,23-22-,26-25-,29-28-. The van der Waals surface area contributed by atoms with Crippen molar-refractivity contribution >= 4 is 5.97 Å². The van der Waals surface area contributed by atoms with Gasteiger partial charge < -0.3 is 39.4 Å². The second-order valence-electron chi connectivity index (χ2n) is 17.6. The number of unbranched alkanes of at least 4 members (excludes halogenated alkanes) is 21. The van der Waals surface area contributed by atoms with Gasteiger partial charge in [0.05, 0.1) is 19.8 Å². The van der Waals surface area contributed by atoms with Crippen LogP contribution in [0.1, 0.15) is 206 Å². The smallest absolute Gasteiger partial charge is 0.306 e. The molecule has 0 aromatic heterocycles. The highest BCUT2D eigenvalue weighted by atomic mass is 16.7. The third-order valence-corrected chi connectivity index (χ3v) is 11.6. The Hall–Kier alpha value is -2.37. The van der Waals surface area contributed by atoms with Crippen LogP contribution >= 0.6 is 0 Å². The fourth-order valence-electron chi connectivity index (χ4n) is 7.61.